The molecule has 1 N–H and O–H groups in total. The van der Waals surface area contributed by atoms with Gasteiger partial charge in [0.15, 0.2) is 0 Å². The Morgan fingerprint density at radius 1 is 1.19 bits per heavy atom. The van der Waals surface area contributed by atoms with Gasteiger partial charge in [-0.3, -0.25) is 0 Å². The summed E-state index contributed by atoms with van der Waals surface area (Å²) < 4.78 is 5.14. The van der Waals surface area contributed by atoms with Gasteiger partial charge in [0.2, 0.25) is 0 Å². The number of methoxy groups -OCH3 is 1. The molecular formula is C14H22O2. The van der Waals surface area contributed by atoms with E-state index in [2.05, 4.69) is 6.92 Å². The lowest BCUT2D eigenvalue weighted by Gasteiger charge is -2.28. The van der Waals surface area contributed by atoms with Crippen molar-refractivity contribution in [1.82, 2.24) is 0 Å². The molecule has 0 aromatic heterocycles. The Kier molecular flexibility index (Phi) is 5.50. The van der Waals surface area contributed by atoms with E-state index in [4.69, 9.17) is 4.74 Å². The summed E-state index contributed by atoms with van der Waals surface area (Å²) in [4.78, 5) is 0. The number of hydrogen-bond donors (Lipinski definition) is 1. The first-order valence-corrected chi connectivity index (χ1v) is 6.00. The van der Waals surface area contributed by atoms with E-state index in [0.29, 0.717) is 6.61 Å². The van der Waals surface area contributed by atoms with Crippen molar-refractivity contribution < 1.29 is 9.84 Å². The minimum atomic E-state index is -0.828. The lowest BCUT2D eigenvalue weighted by molar-refractivity contribution is -0.0437. The van der Waals surface area contributed by atoms with Crippen molar-refractivity contribution in [2.45, 2.75) is 38.2 Å². The van der Waals surface area contributed by atoms with Crippen LogP contribution in [0.15, 0.2) is 30.3 Å². The second-order valence-electron chi connectivity index (χ2n) is 4.29. The van der Waals surface area contributed by atoms with Crippen molar-refractivity contribution in [3.05, 3.63) is 35.9 Å². The minimum absolute atomic E-state index is 0.362. The monoisotopic (exact) mass is 222 g/mol. The molecule has 1 atom stereocenters. The van der Waals surface area contributed by atoms with Gasteiger partial charge in [0.1, 0.15) is 5.60 Å². The van der Waals surface area contributed by atoms with E-state index in [0.717, 1.165) is 31.2 Å². The maximum atomic E-state index is 10.6. The van der Waals surface area contributed by atoms with Gasteiger partial charge in [0.25, 0.3) is 0 Å². The van der Waals surface area contributed by atoms with Crippen molar-refractivity contribution >= 4 is 0 Å². The summed E-state index contributed by atoms with van der Waals surface area (Å²) in [6.45, 7) is 2.53. The van der Waals surface area contributed by atoms with Crippen LogP contribution >= 0.6 is 0 Å². The fourth-order valence-corrected chi connectivity index (χ4v) is 1.95. The van der Waals surface area contributed by atoms with Crippen LogP contribution < -0.4 is 0 Å². The molecule has 0 saturated carbocycles. The molecule has 0 bridgehead atoms. The summed E-state index contributed by atoms with van der Waals surface area (Å²) in [5.41, 5.74) is 0.124. The Labute approximate surface area is 98.3 Å². The van der Waals surface area contributed by atoms with Crippen LogP contribution in [0.3, 0.4) is 0 Å². The average Bonchev–Trinajstić information content (AvgIpc) is 2.31. The van der Waals surface area contributed by atoms with Crippen molar-refractivity contribution in [1.29, 1.82) is 0 Å². The molecule has 0 aliphatic carbocycles. The van der Waals surface area contributed by atoms with Crippen LogP contribution in [-0.4, -0.2) is 18.8 Å². The quantitative estimate of drug-likeness (QED) is 0.718. The number of ether oxygens (including phenoxy) is 1. The highest BCUT2D eigenvalue weighted by atomic mass is 16.5. The molecule has 0 aliphatic rings. The number of aliphatic hydroxyl groups is 1. The van der Waals surface area contributed by atoms with E-state index in [-0.39, 0.29) is 0 Å². The molecular weight excluding hydrogens is 200 g/mol. The van der Waals surface area contributed by atoms with Crippen LogP contribution in [0.4, 0.5) is 0 Å². The van der Waals surface area contributed by atoms with Gasteiger partial charge in [0.05, 0.1) is 6.61 Å². The Balaban J connectivity index is 2.71. The minimum Gasteiger partial charge on any atom is -0.383 e. The molecule has 0 fully saturated rings. The molecule has 0 heterocycles. The van der Waals surface area contributed by atoms with Crippen LogP contribution in [0.1, 0.15) is 38.2 Å². The van der Waals surface area contributed by atoms with Crippen molar-refractivity contribution in [3.63, 3.8) is 0 Å². The van der Waals surface area contributed by atoms with E-state index in [9.17, 15) is 5.11 Å². The highest BCUT2D eigenvalue weighted by molar-refractivity contribution is 5.22. The Bertz CT molecular complexity index is 284. The van der Waals surface area contributed by atoms with E-state index in [1.54, 1.807) is 7.11 Å². The summed E-state index contributed by atoms with van der Waals surface area (Å²) >= 11 is 0. The fraction of sp³-hybridized carbons (Fsp3) is 0.571. The molecule has 1 rings (SSSR count). The summed E-state index contributed by atoms with van der Waals surface area (Å²) in [5.74, 6) is 0. The fourth-order valence-electron chi connectivity index (χ4n) is 1.95. The van der Waals surface area contributed by atoms with Crippen molar-refractivity contribution in [2.75, 3.05) is 13.7 Å². The second-order valence-corrected chi connectivity index (χ2v) is 4.29. The summed E-state index contributed by atoms with van der Waals surface area (Å²) in [6.07, 6.45) is 4.11. The summed E-state index contributed by atoms with van der Waals surface area (Å²) in [6, 6.07) is 9.80. The second kappa shape index (κ2) is 6.66. The van der Waals surface area contributed by atoms with Gasteiger partial charge in [-0.1, -0.05) is 56.5 Å². The van der Waals surface area contributed by atoms with E-state index in [1.165, 1.54) is 0 Å². The number of rotatable bonds is 7. The molecule has 0 amide bonds. The third kappa shape index (κ3) is 3.62. The first-order chi connectivity index (χ1) is 7.73. The van der Waals surface area contributed by atoms with E-state index >= 15 is 0 Å². The molecule has 0 aliphatic heterocycles. The van der Waals surface area contributed by atoms with Gasteiger partial charge >= 0.3 is 0 Å². The zero-order valence-electron chi connectivity index (χ0n) is 10.3. The van der Waals surface area contributed by atoms with Crippen LogP contribution in [0, 0.1) is 0 Å². The van der Waals surface area contributed by atoms with Gasteiger partial charge in [-0.15, -0.1) is 0 Å². The third-order valence-corrected chi connectivity index (χ3v) is 2.89. The molecule has 1 unspecified atom stereocenters. The molecule has 0 saturated heterocycles. The lowest BCUT2D eigenvalue weighted by Crippen LogP contribution is -2.31. The normalized spacial score (nSPS) is 14.7. The highest BCUT2D eigenvalue weighted by Gasteiger charge is 2.28. The predicted molar refractivity (Wildman–Crippen MR) is 66.4 cm³/mol. The number of unbranched alkanes of at least 4 members (excludes halogenated alkanes) is 2. The van der Waals surface area contributed by atoms with Gasteiger partial charge < -0.3 is 9.84 Å². The van der Waals surface area contributed by atoms with E-state index in [1.807, 2.05) is 30.3 Å². The summed E-state index contributed by atoms with van der Waals surface area (Å²) in [7, 11) is 1.63. The molecule has 2 nitrogen and oxygen atoms in total. The van der Waals surface area contributed by atoms with E-state index < -0.39 is 5.60 Å². The Morgan fingerprint density at radius 3 is 2.44 bits per heavy atom. The molecule has 2 heteroatoms. The molecule has 0 spiro atoms. The largest absolute Gasteiger partial charge is 0.383 e. The molecule has 0 radical (unpaired) electrons. The van der Waals surface area contributed by atoms with Gasteiger partial charge in [0, 0.05) is 7.11 Å². The van der Waals surface area contributed by atoms with Crippen LogP contribution in [-0.2, 0) is 10.3 Å². The standard InChI is InChI=1S/C14H22O2/c1-3-4-8-11-14(15,12-16-2)13-9-6-5-7-10-13/h5-7,9-10,15H,3-4,8,11-12H2,1-2H3. The maximum Gasteiger partial charge on any atom is 0.113 e. The molecule has 1 aromatic rings. The van der Waals surface area contributed by atoms with Crippen molar-refractivity contribution in [3.8, 4) is 0 Å². The molecule has 90 valence electrons. The molecule has 1 aromatic carbocycles. The predicted octanol–water partition coefficient (Wildman–Crippen LogP) is 3.10. The third-order valence-electron chi connectivity index (χ3n) is 2.89. The lowest BCUT2D eigenvalue weighted by atomic mass is 9.89. The van der Waals surface area contributed by atoms with Crippen LogP contribution in [0.2, 0.25) is 0 Å². The zero-order valence-corrected chi connectivity index (χ0v) is 10.3. The number of benzene rings is 1. The Morgan fingerprint density at radius 2 is 1.88 bits per heavy atom. The SMILES string of the molecule is CCCCCC(O)(COC)c1ccccc1. The average molecular weight is 222 g/mol. The summed E-state index contributed by atoms with van der Waals surface area (Å²) in [5, 5.41) is 10.6. The maximum absolute atomic E-state index is 10.6. The number of hydrogen-bond acceptors (Lipinski definition) is 2. The first kappa shape index (κ1) is 13.2. The zero-order chi connectivity index (χ0) is 11.9. The van der Waals surface area contributed by atoms with Crippen molar-refractivity contribution in [2.24, 2.45) is 0 Å². The van der Waals surface area contributed by atoms with Gasteiger partial charge in [-0.05, 0) is 12.0 Å². The van der Waals surface area contributed by atoms with Gasteiger partial charge in [-0.25, -0.2) is 0 Å². The van der Waals surface area contributed by atoms with Gasteiger partial charge in [-0.2, -0.15) is 0 Å². The smallest absolute Gasteiger partial charge is 0.113 e. The topological polar surface area (TPSA) is 29.5 Å². The Hall–Kier alpha value is -0.860. The highest BCUT2D eigenvalue weighted by Crippen LogP contribution is 2.27. The van der Waals surface area contributed by atoms with Crippen LogP contribution in [0.25, 0.3) is 0 Å². The molecule has 16 heavy (non-hydrogen) atoms. The first-order valence-electron chi connectivity index (χ1n) is 6.00. The van der Waals surface area contributed by atoms with Crippen LogP contribution in [0.5, 0.6) is 0 Å².